The van der Waals surface area contributed by atoms with Crippen LogP contribution in [0.5, 0.6) is 0 Å². The largest absolute Gasteiger partial charge is 0.386 e. The van der Waals surface area contributed by atoms with E-state index < -0.39 is 56.2 Å². The van der Waals surface area contributed by atoms with Crippen LogP contribution in [0.1, 0.15) is 53.4 Å². The Kier molecular flexibility index (Phi) is 7.26. The zero-order valence-electron chi connectivity index (χ0n) is 20.9. The molecule has 5 rings (SSSR count). The van der Waals surface area contributed by atoms with Crippen molar-refractivity contribution in [2.24, 2.45) is 11.8 Å². The average Bonchev–Trinajstić information content (AvgIpc) is 3.06. The molecule has 2 fully saturated rings. The molecule has 3 atom stereocenters. The highest BCUT2D eigenvalue weighted by molar-refractivity contribution is 7.92. The van der Waals surface area contributed by atoms with Crippen molar-refractivity contribution in [1.82, 2.24) is 4.98 Å². The molecule has 206 valence electrons. The van der Waals surface area contributed by atoms with E-state index in [0.717, 1.165) is 17.7 Å². The fourth-order valence-electron chi connectivity index (χ4n) is 6.06. The molecule has 0 spiro atoms. The Balaban J connectivity index is 1.39. The molecule has 3 aromatic rings. The number of nitrogens with one attached hydrogen (secondary N) is 1. The van der Waals surface area contributed by atoms with Gasteiger partial charge in [-0.2, -0.15) is 0 Å². The number of aryl methyl sites for hydroxylation is 1. The predicted molar refractivity (Wildman–Crippen MR) is 141 cm³/mol. The Morgan fingerprint density at radius 3 is 2.44 bits per heavy atom. The van der Waals surface area contributed by atoms with E-state index in [4.69, 9.17) is 11.6 Å². The first-order chi connectivity index (χ1) is 18.4. The van der Waals surface area contributed by atoms with Gasteiger partial charge in [0.25, 0.3) is 5.91 Å². The van der Waals surface area contributed by atoms with E-state index >= 15 is 0 Å². The maximum absolute atomic E-state index is 13.8. The zero-order chi connectivity index (χ0) is 28.1. The molecule has 0 aliphatic heterocycles. The number of sulfone groups is 1. The second-order valence-corrected chi connectivity index (χ2v) is 12.9. The quantitative estimate of drug-likeness (QED) is 0.380. The number of aliphatic hydroxyl groups is 2. The van der Waals surface area contributed by atoms with Crippen LogP contribution in [-0.4, -0.2) is 40.4 Å². The summed E-state index contributed by atoms with van der Waals surface area (Å²) in [6, 6.07) is 10.2. The van der Waals surface area contributed by atoms with Gasteiger partial charge in [0.05, 0.1) is 20.9 Å². The second kappa shape index (κ2) is 10.2. The van der Waals surface area contributed by atoms with Gasteiger partial charge >= 0.3 is 0 Å². The van der Waals surface area contributed by atoms with Crippen molar-refractivity contribution < 1.29 is 32.2 Å². The number of pyridine rings is 1. The molecule has 2 aromatic carbocycles. The van der Waals surface area contributed by atoms with Crippen LogP contribution in [0.4, 0.5) is 14.5 Å². The number of amides is 1. The van der Waals surface area contributed by atoms with Crippen molar-refractivity contribution >= 4 is 33.0 Å². The maximum Gasteiger partial charge on any atom is 0.255 e. The van der Waals surface area contributed by atoms with E-state index in [1.165, 1.54) is 24.3 Å². The number of hydrogen-bond donors (Lipinski definition) is 3. The molecule has 3 N–H and O–H groups in total. The summed E-state index contributed by atoms with van der Waals surface area (Å²) >= 11 is 6.30. The van der Waals surface area contributed by atoms with E-state index in [9.17, 15) is 32.2 Å². The minimum Gasteiger partial charge on any atom is -0.386 e. The summed E-state index contributed by atoms with van der Waals surface area (Å²) in [5, 5.41) is 24.4. The predicted octanol–water partition coefficient (Wildman–Crippen LogP) is 5.00. The van der Waals surface area contributed by atoms with Crippen LogP contribution in [0.3, 0.4) is 0 Å². The summed E-state index contributed by atoms with van der Waals surface area (Å²) in [6.07, 6.45) is 1.62. The minimum absolute atomic E-state index is 0.00287. The van der Waals surface area contributed by atoms with Gasteiger partial charge in [0.1, 0.15) is 11.7 Å². The molecule has 2 aliphatic carbocycles. The lowest BCUT2D eigenvalue weighted by atomic mass is 9.70. The summed E-state index contributed by atoms with van der Waals surface area (Å²) < 4.78 is 54.3. The summed E-state index contributed by atoms with van der Waals surface area (Å²) in [6.45, 7) is 1.80. The molecule has 1 amide bonds. The van der Waals surface area contributed by atoms with Crippen molar-refractivity contribution in [2.75, 3.05) is 5.32 Å². The van der Waals surface area contributed by atoms with Crippen molar-refractivity contribution in [2.45, 2.75) is 54.5 Å². The summed E-state index contributed by atoms with van der Waals surface area (Å²) in [4.78, 5) is 16.8. The molecule has 1 heterocycles. The van der Waals surface area contributed by atoms with Gasteiger partial charge in [0.15, 0.2) is 21.5 Å². The summed E-state index contributed by atoms with van der Waals surface area (Å²) in [7, 11) is -4.04. The minimum atomic E-state index is -4.04. The van der Waals surface area contributed by atoms with Gasteiger partial charge in [-0.15, -0.1) is 0 Å². The number of nitrogens with zero attached hydrogens (tertiary/aromatic N) is 1. The van der Waals surface area contributed by atoms with Crippen LogP contribution in [0.2, 0.25) is 5.02 Å². The lowest BCUT2D eigenvalue weighted by molar-refractivity contribution is -0.146. The van der Waals surface area contributed by atoms with E-state index in [2.05, 4.69) is 10.3 Å². The van der Waals surface area contributed by atoms with Crippen LogP contribution < -0.4 is 5.32 Å². The van der Waals surface area contributed by atoms with Crippen molar-refractivity contribution in [3.05, 3.63) is 88.2 Å². The van der Waals surface area contributed by atoms with Gasteiger partial charge in [0, 0.05) is 23.5 Å². The van der Waals surface area contributed by atoms with Crippen LogP contribution in [0.25, 0.3) is 0 Å². The number of halogens is 3. The lowest BCUT2D eigenvalue weighted by Gasteiger charge is -2.45. The fourth-order valence-corrected chi connectivity index (χ4v) is 8.47. The van der Waals surface area contributed by atoms with E-state index in [1.54, 1.807) is 25.3 Å². The van der Waals surface area contributed by atoms with E-state index in [0.29, 0.717) is 18.5 Å². The zero-order valence-corrected chi connectivity index (χ0v) is 22.5. The number of carbonyl (C=O) groups excluding carboxylic acids is 1. The van der Waals surface area contributed by atoms with Gasteiger partial charge in [-0.1, -0.05) is 17.7 Å². The summed E-state index contributed by atoms with van der Waals surface area (Å²) in [5.41, 5.74) is -0.429. The van der Waals surface area contributed by atoms with Crippen LogP contribution in [0.15, 0.2) is 59.6 Å². The number of hydrogen-bond acceptors (Lipinski definition) is 6. The number of aromatic nitrogens is 1. The van der Waals surface area contributed by atoms with E-state index in [1.807, 2.05) is 0 Å². The smallest absolute Gasteiger partial charge is 0.255 e. The average molecular weight is 577 g/mol. The third kappa shape index (κ3) is 4.84. The molecule has 0 saturated heterocycles. The number of rotatable bonds is 6. The molecule has 0 radical (unpaired) electrons. The molecular weight excluding hydrogens is 550 g/mol. The molecule has 1 aromatic heterocycles. The number of aliphatic hydroxyl groups excluding tert-OH is 1. The topological polar surface area (TPSA) is 117 Å². The molecule has 7 nitrogen and oxygen atoms in total. The third-order valence-corrected chi connectivity index (χ3v) is 10.8. The van der Waals surface area contributed by atoms with Gasteiger partial charge < -0.3 is 15.5 Å². The lowest BCUT2D eigenvalue weighted by Crippen LogP contribution is -2.52. The Morgan fingerprint density at radius 2 is 1.79 bits per heavy atom. The first-order valence-corrected chi connectivity index (χ1v) is 14.5. The molecular formula is C28H27ClF2N2O5S. The summed E-state index contributed by atoms with van der Waals surface area (Å²) in [5.74, 6) is -3.88. The third-order valence-electron chi connectivity index (χ3n) is 8.13. The highest BCUT2D eigenvalue weighted by Gasteiger charge is 2.59. The number of anilines is 1. The van der Waals surface area contributed by atoms with Crippen molar-refractivity contribution in [3.63, 3.8) is 0 Å². The first-order valence-electron chi connectivity index (χ1n) is 12.5. The molecule has 2 unspecified atom stereocenters. The number of fused-ring (bicyclic) bond motifs is 2. The Labute approximate surface area is 229 Å². The Morgan fingerprint density at radius 1 is 1.10 bits per heavy atom. The number of carbonyl (C=O) groups is 1. The van der Waals surface area contributed by atoms with Gasteiger partial charge in [-0.25, -0.2) is 17.2 Å². The molecule has 2 aliphatic rings. The monoisotopic (exact) mass is 576 g/mol. The second-order valence-electron chi connectivity index (χ2n) is 10.3. The van der Waals surface area contributed by atoms with E-state index in [-0.39, 0.29) is 34.0 Å². The van der Waals surface area contributed by atoms with Crippen molar-refractivity contribution in [3.8, 4) is 0 Å². The fraction of sp³-hybridized carbons (Fsp3) is 0.357. The number of benzene rings is 2. The normalized spacial score (nSPS) is 25.3. The Hall–Kier alpha value is -2.92. The standard InChI is InChI=1S/C28H27ClF2N2O5S/c1-15-3-2-10-32-25(15)26(34)28(36)17-5-6-18(28)13-20(12-17)39(37,38)24-11-16(4-8-21(24)29)27(35)33-19-7-9-22(30)23(31)14-19/h2-4,7-11,14,17-18,20,26,34,36H,5-6,12-13H2,1H3,(H,33,35)/t17?,18?,20?,26-,28?/m0/s1. The van der Waals surface area contributed by atoms with Crippen LogP contribution in [0, 0.1) is 30.4 Å². The van der Waals surface area contributed by atoms with Gasteiger partial charge in [0.2, 0.25) is 0 Å². The van der Waals surface area contributed by atoms with Crippen molar-refractivity contribution in [1.29, 1.82) is 0 Å². The molecule has 11 heteroatoms. The van der Waals surface area contributed by atoms with Crippen LogP contribution in [-0.2, 0) is 9.84 Å². The molecule has 39 heavy (non-hydrogen) atoms. The Bertz CT molecular complexity index is 1540. The van der Waals surface area contributed by atoms with Gasteiger partial charge in [-0.05, 0) is 86.4 Å². The highest BCUT2D eigenvalue weighted by atomic mass is 35.5. The van der Waals surface area contributed by atoms with Crippen LogP contribution >= 0.6 is 11.6 Å². The highest BCUT2D eigenvalue weighted by Crippen LogP contribution is 2.56. The SMILES string of the molecule is Cc1cccnc1[C@H](O)C1(O)C2CCC1CC(S(=O)(=O)c1cc(C(=O)Nc3ccc(F)c(F)c3)ccc1Cl)C2. The first kappa shape index (κ1) is 27.6. The van der Waals surface area contributed by atoms with Gasteiger partial charge in [-0.3, -0.25) is 9.78 Å². The molecule has 2 bridgehead atoms. The maximum atomic E-state index is 13.8. The molecule has 2 saturated carbocycles.